The second-order valence-electron chi connectivity index (χ2n) is 7.28. The van der Waals surface area contributed by atoms with Crippen LogP contribution in [-0.4, -0.2) is 20.9 Å². The van der Waals surface area contributed by atoms with Gasteiger partial charge in [0.15, 0.2) is 0 Å². The summed E-state index contributed by atoms with van der Waals surface area (Å²) in [5.41, 5.74) is 2.26. The predicted octanol–water partition coefficient (Wildman–Crippen LogP) is 5.63. The lowest BCUT2D eigenvalue weighted by Gasteiger charge is -2.26. The maximum atomic E-state index is 13.4. The Morgan fingerprint density at radius 2 is 1.62 bits per heavy atom. The molecule has 1 amide bonds. The lowest BCUT2D eigenvalue weighted by molar-refractivity contribution is -0.120. The van der Waals surface area contributed by atoms with Gasteiger partial charge in [-0.2, -0.15) is 0 Å². The number of carbonyl (C=O) groups is 1. The van der Waals surface area contributed by atoms with Crippen molar-refractivity contribution in [2.24, 2.45) is 0 Å². The van der Waals surface area contributed by atoms with Crippen LogP contribution < -0.4 is 9.62 Å². The number of hydrogen-bond donors (Lipinski definition) is 1. The molecule has 0 heterocycles. The van der Waals surface area contributed by atoms with Crippen LogP contribution >= 0.6 is 23.2 Å². The number of halogens is 2. The molecule has 0 radical (unpaired) electrons. The molecule has 0 saturated heterocycles. The van der Waals surface area contributed by atoms with E-state index in [1.165, 1.54) is 23.8 Å². The molecule has 3 aromatic rings. The van der Waals surface area contributed by atoms with Crippen LogP contribution in [0.1, 0.15) is 31.0 Å². The average molecular weight is 491 g/mol. The number of amides is 1. The minimum absolute atomic E-state index is 0.0482. The van der Waals surface area contributed by atoms with Gasteiger partial charge in [-0.1, -0.05) is 78.7 Å². The Bertz CT molecular complexity index is 1180. The first-order valence-corrected chi connectivity index (χ1v) is 12.3. The van der Waals surface area contributed by atoms with E-state index in [1.54, 1.807) is 30.3 Å². The van der Waals surface area contributed by atoms with Gasteiger partial charge in [-0.3, -0.25) is 9.10 Å². The van der Waals surface area contributed by atoms with Crippen molar-refractivity contribution >= 4 is 44.8 Å². The third-order valence-corrected chi connectivity index (χ3v) is 7.67. The summed E-state index contributed by atoms with van der Waals surface area (Å²) in [7, 11) is -4.07. The van der Waals surface area contributed by atoms with Gasteiger partial charge in [-0.15, -0.1) is 0 Å². The van der Waals surface area contributed by atoms with Crippen LogP contribution in [0.3, 0.4) is 0 Å². The Morgan fingerprint density at radius 1 is 0.969 bits per heavy atom. The summed E-state index contributed by atoms with van der Waals surface area (Å²) in [5.74, 6) is -0.465. The minimum atomic E-state index is -4.07. The van der Waals surface area contributed by atoms with Crippen LogP contribution in [0.2, 0.25) is 10.0 Å². The maximum absolute atomic E-state index is 13.4. The van der Waals surface area contributed by atoms with E-state index in [0.29, 0.717) is 0 Å². The van der Waals surface area contributed by atoms with Crippen molar-refractivity contribution in [3.63, 3.8) is 0 Å². The standard InChI is InChI=1S/C24H24Cl2N2O3S/c1-3-18-12-14-19(15-13-18)17(2)27-23(29)16-28(22-11-7-10-21(25)24(22)26)32(30,31)20-8-5-4-6-9-20/h4-15,17H,3,16H2,1-2H3,(H,27,29)/t17-/m1/s1. The molecule has 0 fully saturated rings. The van der Waals surface area contributed by atoms with Crippen LogP contribution in [0, 0.1) is 0 Å². The fourth-order valence-electron chi connectivity index (χ4n) is 3.25. The molecule has 168 valence electrons. The molecular weight excluding hydrogens is 467 g/mol. The Morgan fingerprint density at radius 3 is 2.25 bits per heavy atom. The van der Waals surface area contributed by atoms with Crippen molar-refractivity contribution < 1.29 is 13.2 Å². The summed E-state index contributed by atoms with van der Waals surface area (Å²) in [6.07, 6.45) is 0.924. The Hall–Kier alpha value is -2.54. The zero-order chi connectivity index (χ0) is 23.3. The molecule has 8 heteroatoms. The third kappa shape index (κ3) is 5.44. The summed E-state index contributed by atoms with van der Waals surface area (Å²) in [6.45, 7) is 3.47. The van der Waals surface area contributed by atoms with Gasteiger partial charge in [0, 0.05) is 0 Å². The lowest BCUT2D eigenvalue weighted by atomic mass is 10.1. The number of hydrogen-bond acceptors (Lipinski definition) is 3. The first-order chi connectivity index (χ1) is 15.2. The molecule has 0 aliphatic rings. The van der Waals surface area contributed by atoms with E-state index in [2.05, 4.69) is 12.2 Å². The molecule has 0 aliphatic carbocycles. The smallest absolute Gasteiger partial charge is 0.264 e. The first kappa shape index (κ1) is 24.1. The Kier molecular flexibility index (Phi) is 7.82. The molecule has 0 unspecified atom stereocenters. The highest BCUT2D eigenvalue weighted by molar-refractivity contribution is 7.92. The SMILES string of the molecule is CCc1ccc([C@@H](C)NC(=O)CN(c2cccc(Cl)c2Cl)S(=O)(=O)c2ccccc2)cc1. The van der Waals surface area contributed by atoms with E-state index in [9.17, 15) is 13.2 Å². The van der Waals surface area contributed by atoms with Crippen molar-refractivity contribution in [3.8, 4) is 0 Å². The summed E-state index contributed by atoms with van der Waals surface area (Å²) in [4.78, 5) is 13.0. The fraction of sp³-hybridized carbons (Fsp3) is 0.208. The molecule has 5 nitrogen and oxygen atoms in total. The predicted molar refractivity (Wildman–Crippen MR) is 130 cm³/mol. The lowest BCUT2D eigenvalue weighted by Crippen LogP contribution is -2.41. The van der Waals surface area contributed by atoms with E-state index in [0.717, 1.165) is 16.3 Å². The van der Waals surface area contributed by atoms with E-state index in [1.807, 2.05) is 31.2 Å². The van der Waals surface area contributed by atoms with E-state index in [-0.39, 0.29) is 26.7 Å². The van der Waals surface area contributed by atoms with Crippen LogP contribution in [-0.2, 0) is 21.2 Å². The Labute approximate surface area is 199 Å². The first-order valence-electron chi connectivity index (χ1n) is 10.1. The van der Waals surface area contributed by atoms with E-state index < -0.39 is 22.5 Å². The fourth-order valence-corrected chi connectivity index (χ4v) is 5.15. The number of anilines is 1. The summed E-state index contributed by atoms with van der Waals surface area (Å²) >= 11 is 12.5. The zero-order valence-corrected chi connectivity index (χ0v) is 20.1. The van der Waals surface area contributed by atoms with Gasteiger partial charge < -0.3 is 5.32 Å². The van der Waals surface area contributed by atoms with Gasteiger partial charge in [0.1, 0.15) is 6.54 Å². The van der Waals surface area contributed by atoms with Crippen molar-refractivity contribution in [3.05, 3.63) is 94.0 Å². The number of aryl methyl sites for hydroxylation is 1. The molecule has 1 atom stereocenters. The highest BCUT2D eigenvalue weighted by atomic mass is 35.5. The largest absolute Gasteiger partial charge is 0.348 e. The maximum Gasteiger partial charge on any atom is 0.264 e. The molecule has 1 N–H and O–H groups in total. The number of rotatable bonds is 8. The van der Waals surface area contributed by atoms with Gasteiger partial charge in [0.05, 0.1) is 26.7 Å². The van der Waals surface area contributed by atoms with Crippen LogP contribution in [0.25, 0.3) is 0 Å². The average Bonchev–Trinajstić information content (AvgIpc) is 2.80. The molecule has 3 aromatic carbocycles. The number of benzene rings is 3. The van der Waals surface area contributed by atoms with Crippen LogP contribution in [0.5, 0.6) is 0 Å². The molecule has 0 spiro atoms. The number of nitrogens with zero attached hydrogens (tertiary/aromatic N) is 1. The van der Waals surface area contributed by atoms with Crippen molar-refractivity contribution in [1.29, 1.82) is 0 Å². The Balaban J connectivity index is 1.90. The number of sulfonamides is 1. The van der Waals surface area contributed by atoms with E-state index in [4.69, 9.17) is 23.2 Å². The number of nitrogens with one attached hydrogen (secondary N) is 1. The number of carbonyl (C=O) groups excluding carboxylic acids is 1. The molecule has 0 bridgehead atoms. The highest BCUT2D eigenvalue weighted by Gasteiger charge is 2.29. The van der Waals surface area contributed by atoms with E-state index >= 15 is 0 Å². The van der Waals surface area contributed by atoms with Gasteiger partial charge in [-0.05, 0) is 48.7 Å². The normalized spacial score (nSPS) is 12.2. The quantitative estimate of drug-likeness (QED) is 0.444. The highest BCUT2D eigenvalue weighted by Crippen LogP contribution is 2.35. The second kappa shape index (κ2) is 10.4. The minimum Gasteiger partial charge on any atom is -0.348 e. The van der Waals surface area contributed by atoms with Crippen molar-refractivity contribution in [2.45, 2.75) is 31.2 Å². The molecule has 0 saturated carbocycles. The van der Waals surface area contributed by atoms with Gasteiger partial charge in [-0.25, -0.2) is 8.42 Å². The zero-order valence-electron chi connectivity index (χ0n) is 17.8. The van der Waals surface area contributed by atoms with Gasteiger partial charge >= 0.3 is 0 Å². The topological polar surface area (TPSA) is 66.5 Å². The summed E-state index contributed by atoms with van der Waals surface area (Å²) in [5, 5.41) is 3.13. The van der Waals surface area contributed by atoms with Crippen molar-refractivity contribution in [1.82, 2.24) is 5.32 Å². The molecule has 0 aliphatic heterocycles. The van der Waals surface area contributed by atoms with Crippen molar-refractivity contribution in [2.75, 3.05) is 10.8 Å². The third-order valence-electron chi connectivity index (χ3n) is 5.08. The molecule has 0 aromatic heterocycles. The van der Waals surface area contributed by atoms with Crippen LogP contribution in [0.15, 0.2) is 77.7 Å². The molecular formula is C24H24Cl2N2O3S. The molecule has 3 rings (SSSR count). The second-order valence-corrected chi connectivity index (χ2v) is 9.93. The summed E-state index contributed by atoms with van der Waals surface area (Å²) < 4.78 is 27.8. The monoisotopic (exact) mass is 490 g/mol. The van der Waals surface area contributed by atoms with Crippen LogP contribution in [0.4, 0.5) is 5.69 Å². The van der Waals surface area contributed by atoms with Gasteiger partial charge in [0.25, 0.3) is 10.0 Å². The summed E-state index contributed by atoms with van der Waals surface area (Å²) in [6, 6.07) is 20.2. The van der Waals surface area contributed by atoms with Gasteiger partial charge in [0.2, 0.25) is 5.91 Å². The molecule has 32 heavy (non-hydrogen) atoms.